The monoisotopic (exact) mass is 397 g/mol. The summed E-state index contributed by atoms with van der Waals surface area (Å²) in [5.74, 6) is 1.19. The molecule has 2 aromatic rings. The van der Waals surface area contributed by atoms with Crippen molar-refractivity contribution in [2.75, 3.05) is 22.1 Å². The summed E-state index contributed by atoms with van der Waals surface area (Å²) in [7, 11) is -2.94. The van der Waals surface area contributed by atoms with Crippen LogP contribution in [0.2, 0.25) is 0 Å². The van der Waals surface area contributed by atoms with E-state index in [2.05, 4.69) is 41.7 Å². The molecule has 1 unspecified atom stereocenters. The van der Waals surface area contributed by atoms with Gasteiger partial charge in [0.1, 0.15) is 0 Å². The first-order valence-corrected chi connectivity index (χ1v) is 9.72. The Labute approximate surface area is 143 Å². The highest BCUT2D eigenvalue weighted by molar-refractivity contribution is 9.10. The lowest BCUT2D eigenvalue weighted by Crippen LogP contribution is -2.22. The minimum atomic E-state index is -2.94. The normalized spacial score (nSPS) is 19.5. The molecule has 1 saturated heterocycles. The third-order valence-corrected chi connectivity index (χ3v) is 5.84. The molecule has 7 nitrogen and oxygen atoms in total. The second-order valence-corrected chi connectivity index (χ2v) is 8.64. The van der Waals surface area contributed by atoms with Crippen molar-refractivity contribution in [1.82, 2.24) is 15.2 Å². The molecule has 1 aliphatic rings. The summed E-state index contributed by atoms with van der Waals surface area (Å²) < 4.78 is 24.0. The first-order valence-electron chi connectivity index (χ1n) is 7.11. The number of rotatable bonds is 4. The number of sulfone groups is 1. The van der Waals surface area contributed by atoms with Crippen molar-refractivity contribution < 1.29 is 8.42 Å². The number of anilines is 3. The lowest BCUT2D eigenvalue weighted by Gasteiger charge is -2.12. The first kappa shape index (κ1) is 16.1. The van der Waals surface area contributed by atoms with Gasteiger partial charge in [0.05, 0.1) is 17.7 Å². The molecule has 2 heterocycles. The maximum Gasteiger partial charge on any atom is 0.244 e. The Kier molecular flexibility index (Phi) is 4.49. The topological polar surface area (TPSA) is 96.9 Å². The van der Waals surface area contributed by atoms with Crippen molar-refractivity contribution in [3.05, 3.63) is 34.4 Å². The van der Waals surface area contributed by atoms with E-state index in [4.69, 9.17) is 0 Å². The summed E-state index contributed by atoms with van der Waals surface area (Å²) in [6, 6.07) is 5.72. The zero-order valence-corrected chi connectivity index (χ0v) is 14.9. The predicted molar refractivity (Wildman–Crippen MR) is 92.7 cm³/mol. The van der Waals surface area contributed by atoms with E-state index in [1.807, 2.05) is 25.1 Å². The van der Waals surface area contributed by atoms with Crippen LogP contribution < -0.4 is 10.6 Å². The van der Waals surface area contributed by atoms with Crippen molar-refractivity contribution in [3.63, 3.8) is 0 Å². The summed E-state index contributed by atoms with van der Waals surface area (Å²) in [5.41, 5.74) is 1.98. The zero-order chi connectivity index (χ0) is 16.4. The molecular weight excluding hydrogens is 382 g/mol. The molecule has 1 aromatic carbocycles. The quantitative estimate of drug-likeness (QED) is 0.816. The molecule has 1 atom stereocenters. The molecule has 2 N–H and O–H groups in total. The summed E-state index contributed by atoms with van der Waals surface area (Å²) in [4.78, 5) is 4.34. The smallest absolute Gasteiger partial charge is 0.244 e. The number of hydrogen-bond acceptors (Lipinski definition) is 7. The average Bonchev–Trinajstić information content (AvgIpc) is 2.81. The molecule has 23 heavy (non-hydrogen) atoms. The van der Waals surface area contributed by atoms with Gasteiger partial charge in [-0.1, -0.05) is 15.9 Å². The summed E-state index contributed by atoms with van der Waals surface area (Å²) >= 11 is 3.43. The van der Waals surface area contributed by atoms with Gasteiger partial charge < -0.3 is 10.6 Å². The van der Waals surface area contributed by atoms with Gasteiger partial charge in [0, 0.05) is 16.2 Å². The number of halogens is 1. The largest absolute Gasteiger partial charge is 0.349 e. The molecule has 0 bridgehead atoms. The standard InChI is InChI=1S/C14H16BrN5O2S/c1-9-6-10(15)2-3-12(9)18-13-7-16-20-14(19-13)17-11-4-5-23(21,22)8-11/h2-3,6-7,11H,4-5,8H2,1H3,(H2,17,18,19,20). The lowest BCUT2D eigenvalue weighted by atomic mass is 10.2. The van der Waals surface area contributed by atoms with Gasteiger partial charge in [-0.2, -0.15) is 10.1 Å². The minimum Gasteiger partial charge on any atom is -0.349 e. The van der Waals surface area contributed by atoms with Gasteiger partial charge in [0.15, 0.2) is 15.7 Å². The second-order valence-electron chi connectivity index (χ2n) is 5.49. The molecule has 122 valence electrons. The molecule has 0 spiro atoms. The van der Waals surface area contributed by atoms with Crippen LogP contribution in [0.25, 0.3) is 0 Å². The van der Waals surface area contributed by atoms with Gasteiger partial charge >= 0.3 is 0 Å². The number of benzene rings is 1. The molecule has 1 aliphatic heterocycles. The van der Waals surface area contributed by atoms with Gasteiger partial charge in [-0.05, 0) is 37.1 Å². The van der Waals surface area contributed by atoms with E-state index in [-0.39, 0.29) is 17.5 Å². The molecular formula is C14H16BrN5O2S. The average molecular weight is 398 g/mol. The van der Waals surface area contributed by atoms with Crippen LogP contribution >= 0.6 is 15.9 Å². The Morgan fingerprint density at radius 3 is 2.87 bits per heavy atom. The highest BCUT2D eigenvalue weighted by Gasteiger charge is 2.28. The number of aromatic nitrogens is 3. The highest BCUT2D eigenvalue weighted by atomic mass is 79.9. The van der Waals surface area contributed by atoms with Crippen molar-refractivity contribution in [3.8, 4) is 0 Å². The van der Waals surface area contributed by atoms with E-state index in [1.165, 1.54) is 6.20 Å². The van der Waals surface area contributed by atoms with Crippen LogP contribution in [0.3, 0.4) is 0 Å². The number of aryl methyl sites for hydroxylation is 1. The predicted octanol–water partition coefficient (Wildman–Crippen LogP) is 2.29. The molecule has 1 aromatic heterocycles. The van der Waals surface area contributed by atoms with Crippen LogP contribution in [-0.4, -0.2) is 41.1 Å². The third-order valence-electron chi connectivity index (χ3n) is 3.58. The van der Waals surface area contributed by atoms with Crippen molar-refractivity contribution in [1.29, 1.82) is 0 Å². The van der Waals surface area contributed by atoms with Gasteiger partial charge in [0.2, 0.25) is 5.95 Å². The Morgan fingerprint density at radius 2 is 2.17 bits per heavy atom. The van der Waals surface area contributed by atoms with Crippen LogP contribution in [0, 0.1) is 6.92 Å². The van der Waals surface area contributed by atoms with Crippen molar-refractivity contribution in [2.24, 2.45) is 0 Å². The number of nitrogens with zero attached hydrogens (tertiary/aromatic N) is 3. The minimum absolute atomic E-state index is 0.111. The number of nitrogens with one attached hydrogen (secondary N) is 2. The van der Waals surface area contributed by atoms with E-state index < -0.39 is 9.84 Å². The Morgan fingerprint density at radius 1 is 1.35 bits per heavy atom. The summed E-state index contributed by atoms with van der Waals surface area (Å²) in [6.07, 6.45) is 2.09. The SMILES string of the molecule is Cc1cc(Br)ccc1Nc1cnnc(NC2CCS(=O)(=O)C2)n1. The van der Waals surface area contributed by atoms with Gasteiger partial charge in [-0.25, -0.2) is 8.42 Å². The lowest BCUT2D eigenvalue weighted by molar-refractivity contribution is 0.602. The highest BCUT2D eigenvalue weighted by Crippen LogP contribution is 2.23. The molecule has 1 fully saturated rings. The maximum atomic E-state index is 11.5. The Hall–Kier alpha value is -1.74. The fraction of sp³-hybridized carbons (Fsp3) is 0.357. The maximum absolute atomic E-state index is 11.5. The van der Waals surface area contributed by atoms with Crippen LogP contribution in [0.5, 0.6) is 0 Å². The number of hydrogen-bond donors (Lipinski definition) is 2. The second kappa shape index (κ2) is 6.40. The van der Waals surface area contributed by atoms with Gasteiger partial charge in [0.25, 0.3) is 0 Å². The molecule has 3 rings (SSSR count). The van der Waals surface area contributed by atoms with E-state index in [1.54, 1.807) is 0 Å². The van der Waals surface area contributed by atoms with Gasteiger partial charge in [-0.3, -0.25) is 0 Å². The fourth-order valence-corrected chi connectivity index (χ4v) is 4.57. The van der Waals surface area contributed by atoms with E-state index in [9.17, 15) is 8.42 Å². The van der Waals surface area contributed by atoms with Crippen molar-refractivity contribution in [2.45, 2.75) is 19.4 Å². The Balaban J connectivity index is 1.72. The van der Waals surface area contributed by atoms with Crippen molar-refractivity contribution >= 4 is 43.2 Å². The van der Waals surface area contributed by atoms with E-state index >= 15 is 0 Å². The summed E-state index contributed by atoms with van der Waals surface area (Å²) in [6.45, 7) is 1.99. The Bertz CT molecular complexity index is 828. The molecule has 0 saturated carbocycles. The zero-order valence-electron chi connectivity index (χ0n) is 12.5. The molecule has 0 radical (unpaired) electrons. The van der Waals surface area contributed by atoms with Crippen LogP contribution in [0.15, 0.2) is 28.9 Å². The van der Waals surface area contributed by atoms with Crippen LogP contribution in [0.4, 0.5) is 17.5 Å². The van der Waals surface area contributed by atoms with Gasteiger partial charge in [-0.15, -0.1) is 5.10 Å². The van der Waals surface area contributed by atoms with E-state index in [0.717, 1.165) is 15.7 Å². The van der Waals surface area contributed by atoms with Crippen LogP contribution in [0.1, 0.15) is 12.0 Å². The van der Waals surface area contributed by atoms with E-state index in [0.29, 0.717) is 18.2 Å². The third kappa shape index (κ3) is 4.17. The summed E-state index contributed by atoms with van der Waals surface area (Å²) in [5, 5.41) is 14.0. The van der Waals surface area contributed by atoms with Crippen LogP contribution in [-0.2, 0) is 9.84 Å². The molecule has 9 heteroatoms. The first-order chi connectivity index (χ1) is 10.9. The molecule has 0 amide bonds. The molecule has 0 aliphatic carbocycles. The fourth-order valence-electron chi connectivity index (χ4n) is 2.42.